The van der Waals surface area contributed by atoms with Crippen LogP contribution in [-0.2, 0) is 9.53 Å². The molecule has 6 nitrogen and oxygen atoms in total. The molecule has 120 valence electrons. The van der Waals surface area contributed by atoms with Gasteiger partial charge >= 0.3 is 6.09 Å². The predicted molar refractivity (Wildman–Crippen MR) is 85.1 cm³/mol. The van der Waals surface area contributed by atoms with Gasteiger partial charge in [-0.1, -0.05) is 23.7 Å². The number of rotatable bonds is 4. The van der Waals surface area contributed by atoms with Crippen LogP contribution in [0.4, 0.5) is 10.5 Å². The number of piperazine rings is 1. The molecular weight excluding hydrogens is 306 g/mol. The van der Waals surface area contributed by atoms with E-state index in [0.717, 1.165) is 5.69 Å². The van der Waals surface area contributed by atoms with Gasteiger partial charge in [-0.25, -0.2) is 4.79 Å². The van der Waals surface area contributed by atoms with Gasteiger partial charge in [0, 0.05) is 26.2 Å². The lowest BCUT2D eigenvalue weighted by atomic mass is 10.3. The fraction of sp³-hybridized carbons (Fsp3) is 0.467. The number of nitrogens with zero attached hydrogens (tertiary/aromatic N) is 2. The van der Waals surface area contributed by atoms with Crippen LogP contribution in [0, 0.1) is 0 Å². The Balaban J connectivity index is 1.78. The van der Waals surface area contributed by atoms with E-state index >= 15 is 0 Å². The summed E-state index contributed by atoms with van der Waals surface area (Å²) in [6.45, 7) is 4.35. The summed E-state index contributed by atoms with van der Waals surface area (Å²) in [4.78, 5) is 27.1. The van der Waals surface area contributed by atoms with E-state index in [2.05, 4.69) is 5.32 Å². The Morgan fingerprint density at radius 3 is 2.45 bits per heavy atom. The zero-order chi connectivity index (χ0) is 15.9. The largest absolute Gasteiger partial charge is 0.450 e. The molecule has 22 heavy (non-hydrogen) atoms. The van der Waals surface area contributed by atoms with Crippen LogP contribution >= 0.6 is 11.6 Å². The van der Waals surface area contributed by atoms with Crippen molar-refractivity contribution in [1.82, 2.24) is 9.80 Å². The number of nitrogens with one attached hydrogen (secondary N) is 1. The number of hydrogen-bond acceptors (Lipinski definition) is 4. The average molecular weight is 326 g/mol. The highest BCUT2D eigenvalue weighted by Gasteiger charge is 2.24. The highest BCUT2D eigenvalue weighted by molar-refractivity contribution is 6.33. The van der Waals surface area contributed by atoms with Gasteiger partial charge in [0.05, 0.1) is 23.9 Å². The molecule has 1 fully saturated rings. The normalized spacial score (nSPS) is 14.6. The summed E-state index contributed by atoms with van der Waals surface area (Å²) in [5.41, 5.74) is 0.739. The maximum absolute atomic E-state index is 12.2. The maximum atomic E-state index is 12.2. The third kappa shape index (κ3) is 4.27. The van der Waals surface area contributed by atoms with E-state index in [0.29, 0.717) is 37.8 Å². The summed E-state index contributed by atoms with van der Waals surface area (Å²) < 4.78 is 4.95. The Bertz CT molecular complexity index is 531. The number of hydrogen-bond donors (Lipinski definition) is 1. The van der Waals surface area contributed by atoms with Crippen LogP contribution in [0.3, 0.4) is 0 Å². The fourth-order valence-corrected chi connectivity index (χ4v) is 2.44. The molecule has 1 N–H and O–H groups in total. The molecule has 1 aliphatic heterocycles. The molecule has 1 saturated heterocycles. The number of benzene rings is 1. The number of anilines is 1. The molecule has 0 unspecified atom stereocenters. The molecule has 1 heterocycles. The minimum absolute atomic E-state index is 0.0107. The van der Waals surface area contributed by atoms with Crippen molar-refractivity contribution in [2.24, 2.45) is 0 Å². The molecule has 0 radical (unpaired) electrons. The first-order valence-corrected chi connectivity index (χ1v) is 7.67. The number of halogens is 1. The highest BCUT2D eigenvalue weighted by atomic mass is 35.5. The Hall–Kier alpha value is -1.95. The van der Waals surface area contributed by atoms with Crippen LogP contribution < -0.4 is 5.32 Å². The lowest BCUT2D eigenvalue weighted by molar-refractivity contribution is -0.130. The van der Waals surface area contributed by atoms with Gasteiger partial charge in [-0.2, -0.15) is 0 Å². The Morgan fingerprint density at radius 2 is 1.82 bits per heavy atom. The average Bonchev–Trinajstić information content (AvgIpc) is 2.54. The molecule has 0 atom stereocenters. The summed E-state index contributed by atoms with van der Waals surface area (Å²) in [5.74, 6) is -0.0107. The molecule has 0 aromatic heterocycles. The number of amides is 2. The first-order valence-electron chi connectivity index (χ1n) is 7.29. The zero-order valence-electron chi connectivity index (χ0n) is 12.5. The Morgan fingerprint density at radius 1 is 1.18 bits per heavy atom. The third-order valence-electron chi connectivity index (χ3n) is 3.46. The minimum Gasteiger partial charge on any atom is -0.450 e. The van der Waals surface area contributed by atoms with Crippen LogP contribution in [0.1, 0.15) is 6.92 Å². The molecule has 1 aromatic rings. The number of para-hydroxylation sites is 1. The summed E-state index contributed by atoms with van der Waals surface area (Å²) in [6.07, 6.45) is -0.316. The SMILES string of the molecule is CCOC(=O)N1CCN(C(=O)CNc2ccccc2Cl)CC1. The van der Waals surface area contributed by atoms with Gasteiger partial charge < -0.3 is 19.9 Å². The van der Waals surface area contributed by atoms with Crippen LogP contribution in [-0.4, -0.2) is 61.1 Å². The van der Waals surface area contributed by atoms with Crippen LogP contribution in [0.2, 0.25) is 5.02 Å². The molecule has 1 aliphatic rings. The van der Waals surface area contributed by atoms with E-state index in [1.54, 1.807) is 22.8 Å². The summed E-state index contributed by atoms with van der Waals surface area (Å²) >= 11 is 6.03. The van der Waals surface area contributed by atoms with Crippen molar-refractivity contribution in [3.8, 4) is 0 Å². The molecule has 0 aliphatic carbocycles. The highest BCUT2D eigenvalue weighted by Crippen LogP contribution is 2.20. The molecule has 2 amide bonds. The van der Waals surface area contributed by atoms with Crippen molar-refractivity contribution in [2.75, 3.05) is 44.6 Å². The predicted octanol–water partition coefficient (Wildman–Crippen LogP) is 2.05. The molecule has 7 heteroatoms. The topological polar surface area (TPSA) is 61.9 Å². The van der Waals surface area contributed by atoms with Crippen molar-refractivity contribution in [3.05, 3.63) is 29.3 Å². The van der Waals surface area contributed by atoms with Crippen molar-refractivity contribution >= 4 is 29.3 Å². The van der Waals surface area contributed by atoms with Crippen LogP contribution in [0.15, 0.2) is 24.3 Å². The first-order chi connectivity index (χ1) is 10.6. The maximum Gasteiger partial charge on any atom is 0.409 e. The number of carbonyl (C=O) groups is 2. The zero-order valence-corrected chi connectivity index (χ0v) is 13.3. The van der Waals surface area contributed by atoms with E-state index in [9.17, 15) is 9.59 Å². The second-order valence-electron chi connectivity index (χ2n) is 4.90. The van der Waals surface area contributed by atoms with Gasteiger partial charge in [-0.15, -0.1) is 0 Å². The monoisotopic (exact) mass is 325 g/mol. The Kier molecular flexibility index (Phi) is 5.89. The molecule has 2 rings (SSSR count). The summed E-state index contributed by atoms with van der Waals surface area (Å²) in [7, 11) is 0. The second kappa shape index (κ2) is 7.89. The van der Waals surface area contributed by atoms with Gasteiger partial charge in [0.2, 0.25) is 5.91 Å². The van der Waals surface area contributed by atoms with E-state index in [1.807, 2.05) is 18.2 Å². The summed E-state index contributed by atoms with van der Waals surface area (Å²) in [6, 6.07) is 7.29. The van der Waals surface area contributed by atoms with Crippen LogP contribution in [0.25, 0.3) is 0 Å². The number of carbonyl (C=O) groups excluding carboxylic acids is 2. The minimum atomic E-state index is -0.316. The Labute approximate surface area is 135 Å². The van der Waals surface area contributed by atoms with Gasteiger partial charge in [0.15, 0.2) is 0 Å². The van der Waals surface area contributed by atoms with E-state index < -0.39 is 0 Å². The van der Waals surface area contributed by atoms with Crippen molar-refractivity contribution in [3.63, 3.8) is 0 Å². The van der Waals surface area contributed by atoms with Crippen molar-refractivity contribution in [1.29, 1.82) is 0 Å². The lowest BCUT2D eigenvalue weighted by Crippen LogP contribution is -2.51. The molecule has 0 bridgehead atoms. The molecule has 0 spiro atoms. The molecular formula is C15H20ClN3O3. The number of ether oxygens (including phenoxy) is 1. The van der Waals surface area contributed by atoms with E-state index in [4.69, 9.17) is 16.3 Å². The fourth-order valence-electron chi connectivity index (χ4n) is 2.24. The van der Waals surface area contributed by atoms with Crippen molar-refractivity contribution in [2.45, 2.75) is 6.92 Å². The second-order valence-corrected chi connectivity index (χ2v) is 5.31. The van der Waals surface area contributed by atoms with Crippen LogP contribution in [0.5, 0.6) is 0 Å². The molecule has 1 aromatic carbocycles. The third-order valence-corrected chi connectivity index (χ3v) is 3.79. The van der Waals surface area contributed by atoms with Gasteiger partial charge in [0.25, 0.3) is 0 Å². The smallest absolute Gasteiger partial charge is 0.409 e. The quantitative estimate of drug-likeness (QED) is 0.920. The van der Waals surface area contributed by atoms with Gasteiger partial charge in [-0.05, 0) is 19.1 Å². The van der Waals surface area contributed by atoms with Gasteiger partial charge in [-0.3, -0.25) is 4.79 Å². The first kappa shape index (κ1) is 16.4. The standard InChI is InChI=1S/C15H20ClN3O3/c1-2-22-15(21)19-9-7-18(8-10-19)14(20)11-17-13-6-4-3-5-12(13)16/h3-6,17H,2,7-11H2,1H3. The lowest BCUT2D eigenvalue weighted by Gasteiger charge is -2.34. The van der Waals surface area contributed by atoms with E-state index in [-0.39, 0.29) is 18.5 Å². The molecule has 0 saturated carbocycles. The van der Waals surface area contributed by atoms with Gasteiger partial charge in [0.1, 0.15) is 0 Å². The van der Waals surface area contributed by atoms with E-state index in [1.165, 1.54) is 0 Å². The van der Waals surface area contributed by atoms with Crippen molar-refractivity contribution < 1.29 is 14.3 Å². The summed E-state index contributed by atoms with van der Waals surface area (Å²) in [5, 5.41) is 3.62.